The van der Waals surface area contributed by atoms with E-state index in [9.17, 15) is 0 Å². The lowest BCUT2D eigenvalue weighted by molar-refractivity contribution is 0.140. The maximum absolute atomic E-state index is 8.93. The summed E-state index contributed by atoms with van der Waals surface area (Å²) in [7, 11) is 1.97. The van der Waals surface area contributed by atoms with Crippen LogP contribution in [0.1, 0.15) is 13.8 Å². The summed E-state index contributed by atoms with van der Waals surface area (Å²) in [6.07, 6.45) is 1.89. The monoisotopic (exact) mass is 200 g/mol. The Kier molecular flexibility index (Phi) is 7.76. The van der Waals surface area contributed by atoms with Crippen molar-refractivity contribution in [2.45, 2.75) is 19.9 Å². The lowest BCUT2D eigenvalue weighted by atomic mass is 10.0. The van der Waals surface area contributed by atoms with Crippen molar-refractivity contribution in [3.63, 3.8) is 0 Å². The molecule has 0 heterocycles. The molecule has 0 aromatic heterocycles. The summed E-state index contributed by atoms with van der Waals surface area (Å²) in [6, 6.07) is 0.465. The molecule has 0 aromatic carbocycles. The predicted molar refractivity (Wildman–Crippen MR) is 61.4 cm³/mol. The SMILES string of the molecule is C=CCN(CCO)C(C)C(C)CNC. The third-order valence-electron chi connectivity index (χ3n) is 2.68. The summed E-state index contributed by atoms with van der Waals surface area (Å²) in [5.74, 6) is 0.575. The van der Waals surface area contributed by atoms with Crippen LogP contribution in [0.3, 0.4) is 0 Å². The van der Waals surface area contributed by atoms with Crippen LogP contribution in [0.4, 0.5) is 0 Å². The molecular formula is C11H24N2O. The largest absolute Gasteiger partial charge is 0.395 e. The van der Waals surface area contributed by atoms with Crippen molar-refractivity contribution >= 4 is 0 Å². The molecule has 0 radical (unpaired) electrons. The zero-order chi connectivity index (χ0) is 11.0. The molecule has 2 N–H and O–H groups in total. The van der Waals surface area contributed by atoms with Gasteiger partial charge in [-0.05, 0) is 26.4 Å². The summed E-state index contributed by atoms with van der Waals surface area (Å²) in [6.45, 7) is 10.9. The van der Waals surface area contributed by atoms with Gasteiger partial charge >= 0.3 is 0 Å². The molecule has 0 rings (SSSR count). The molecule has 0 saturated carbocycles. The number of nitrogens with one attached hydrogen (secondary N) is 1. The minimum absolute atomic E-state index is 0.213. The van der Waals surface area contributed by atoms with Crippen LogP contribution in [0.5, 0.6) is 0 Å². The van der Waals surface area contributed by atoms with E-state index in [1.165, 1.54) is 0 Å². The van der Waals surface area contributed by atoms with Gasteiger partial charge in [-0.3, -0.25) is 4.90 Å². The molecule has 0 aliphatic heterocycles. The van der Waals surface area contributed by atoms with E-state index < -0.39 is 0 Å². The fraction of sp³-hybridized carbons (Fsp3) is 0.818. The molecule has 0 fully saturated rings. The number of rotatable bonds is 8. The Morgan fingerprint density at radius 3 is 2.57 bits per heavy atom. The molecule has 0 spiro atoms. The average molecular weight is 200 g/mol. The summed E-state index contributed by atoms with van der Waals surface area (Å²) >= 11 is 0. The summed E-state index contributed by atoms with van der Waals surface area (Å²) in [4.78, 5) is 2.25. The second-order valence-corrected chi connectivity index (χ2v) is 3.78. The van der Waals surface area contributed by atoms with E-state index in [2.05, 4.69) is 30.6 Å². The standard InChI is InChI=1S/C11H24N2O/c1-5-6-13(7-8-14)11(3)10(2)9-12-4/h5,10-12,14H,1,6-9H2,2-4H3. The summed E-state index contributed by atoms with van der Waals surface area (Å²) in [5, 5.41) is 12.1. The Balaban J connectivity index is 4.10. The van der Waals surface area contributed by atoms with Crippen LogP contribution in [0.2, 0.25) is 0 Å². The summed E-state index contributed by atoms with van der Waals surface area (Å²) < 4.78 is 0. The van der Waals surface area contributed by atoms with Crippen molar-refractivity contribution in [2.24, 2.45) is 5.92 Å². The Morgan fingerprint density at radius 1 is 1.50 bits per heavy atom. The van der Waals surface area contributed by atoms with Gasteiger partial charge in [0, 0.05) is 19.1 Å². The second-order valence-electron chi connectivity index (χ2n) is 3.78. The molecule has 0 aromatic rings. The highest BCUT2D eigenvalue weighted by Crippen LogP contribution is 2.09. The normalized spacial score (nSPS) is 15.5. The van der Waals surface area contributed by atoms with Crippen LogP contribution in [-0.4, -0.2) is 49.3 Å². The van der Waals surface area contributed by atoms with Crippen LogP contribution in [-0.2, 0) is 0 Å². The van der Waals surface area contributed by atoms with Gasteiger partial charge in [-0.1, -0.05) is 13.0 Å². The predicted octanol–water partition coefficient (Wildman–Crippen LogP) is 0.711. The average Bonchev–Trinajstić information content (AvgIpc) is 2.17. The van der Waals surface area contributed by atoms with E-state index in [0.717, 1.165) is 19.6 Å². The first-order valence-electron chi connectivity index (χ1n) is 5.27. The van der Waals surface area contributed by atoms with Gasteiger partial charge in [0.25, 0.3) is 0 Å². The molecule has 0 aliphatic rings. The van der Waals surface area contributed by atoms with Gasteiger partial charge in [-0.25, -0.2) is 0 Å². The van der Waals surface area contributed by atoms with E-state index in [-0.39, 0.29) is 6.61 Å². The summed E-state index contributed by atoms with van der Waals surface area (Å²) in [5.41, 5.74) is 0. The van der Waals surface area contributed by atoms with Crippen LogP contribution < -0.4 is 5.32 Å². The zero-order valence-electron chi connectivity index (χ0n) is 9.66. The third kappa shape index (κ3) is 4.74. The number of nitrogens with zero attached hydrogens (tertiary/aromatic N) is 1. The van der Waals surface area contributed by atoms with Gasteiger partial charge in [0.2, 0.25) is 0 Å². The van der Waals surface area contributed by atoms with Crippen molar-refractivity contribution in [1.29, 1.82) is 0 Å². The molecule has 3 heteroatoms. The first-order valence-corrected chi connectivity index (χ1v) is 5.27. The zero-order valence-corrected chi connectivity index (χ0v) is 9.66. The van der Waals surface area contributed by atoms with E-state index >= 15 is 0 Å². The van der Waals surface area contributed by atoms with E-state index in [0.29, 0.717) is 12.0 Å². The van der Waals surface area contributed by atoms with Crippen LogP contribution in [0, 0.1) is 5.92 Å². The molecule has 0 aliphatic carbocycles. The molecular weight excluding hydrogens is 176 g/mol. The smallest absolute Gasteiger partial charge is 0.0558 e. The van der Waals surface area contributed by atoms with Gasteiger partial charge in [-0.2, -0.15) is 0 Å². The quantitative estimate of drug-likeness (QED) is 0.567. The molecule has 14 heavy (non-hydrogen) atoms. The number of hydrogen-bond acceptors (Lipinski definition) is 3. The fourth-order valence-electron chi connectivity index (χ4n) is 1.61. The number of aliphatic hydroxyl groups excluding tert-OH is 1. The first kappa shape index (κ1) is 13.6. The molecule has 3 nitrogen and oxygen atoms in total. The van der Waals surface area contributed by atoms with Crippen molar-refractivity contribution in [2.75, 3.05) is 33.3 Å². The maximum Gasteiger partial charge on any atom is 0.0558 e. The lowest BCUT2D eigenvalue weighted by Crippen LogP contribution is -2.42. The van der Waals surface area contributed by atoms with Gasteiger partial charge in [0.05, 0.1) is 6.61 Å². The lowest BCUT2D eigenvalue weighted by Gasteiger charge is -2.31. The highest BCUT2D eigenvalue weighted by Gasteiger charge is 2.17. The molecule has 0 bridgehead atoms. The van der Waals surface area contributed by atoms with Crippen molar-refractivity contribution < 1.29 is 5.11 Å². The highest BCUT2D eigenvalue weighted by atomic mass is 16.3. The van der Waals surface area contributed by atoms with Crippen molar-refractivity contribution in [3.8, 4) is 0 Å². The maximum atomic E-state index is 8.93. The number of hydrogen-bond donors (Lipinski definition) is 2. The Hall–Kier alpha value is -0.380. The van der Waals surface area contributed by atoms with Crippen LogP contribution in [0.15, 0.2) is 12.7 Å². The van der Waals surface area contributed by atoms with Gasteiger partial charge in [0.15, 0.2) is 0 Å². The van der Waals surface area contributed by atoms with E-state index in [4.69, 9.17) is 5.11 Å². The number of aliphatic hydroxyl groups is 1. The Labute approximate surface area is 87.8 Å². The molecule has 0 saturated heterocycles. The van der Waals surface area contributed by atoms with E-state index in [1.807, 2.05) is 13.1 Å². The third-order valence-corrected chi connectivity index (χ3v) is 2.68. The van der Waals surface area contributed by atoms with Crippen LogP contribution >= 0.6 is 0 Å². The Morgan fingerprint density at radius 2 is 2.14 bits per heavy atom. The molecule has 0 amide bonds. The van der Waals surface area contributed by atoms with Crippen LogP contribution in [0.25, 0.3) is 0 Å². The van der Waals surface area contributed by atoms with Gasteiger partial charge in [-0.15, -0.1) is 6.58 Å². The Bertz CT molecular complexity index is 150. The fourth-order valence-corrected chi connectivity index (χ4v) is 1.61. The van der Waals surface area contributed by atoms with E-state index in [1.54, 1.807) is 0 Å². The topological polar surface area (TPSA) is 35.5 Å². The molecule has 2 unspecified atom stereocenters. The first-order chi connectivity index (χ1) is 6.67. The molecule has 2 atom stereocenters. The van der Waals surface area contributed by atoms with Crippen molar-refractivity contribution in [3.05, 3.63) is 12.7 Å². The second kappa shape index (κ2) is 7.97. The highest BCUT2D eigenvalue weighted by molar-refractivity contribution is 4.80. The van der Waals surface area contributed by atoms with Gasteiger partial charge in [0.1, 0.15) is 0 Å². The minimum atomic E-state index is 0.213. The van der Waals surface area contributed by atoms with Gasteiger partial charge < -0.3 is 10.4 Å². The minimum Gasteiger partial charge on any atom is -0.395 e. The molecule has 84 valence electrons. The van der Waals surface area contributed by atoms with Crippen molar-refractivity contribution in [1.82, 2.24) is 10.2 Å².